The fourth-order valence-corrected chi connectivity index (χ4v) is 6.61. The molecule has 1 saturated carbocycles. The molecule has 0 bridgehead atoms. The second kappa shape index (κ2) is 15.0. The Morgan fingerprint density at radius 1 is 0.942 bits per heavy atom. The van der Waals surface area contributed by atoms with Gasteiger partial charge in [-0.05, 0) is 35.2 Å². The maximum atomic E-state index is 13.1. The van der Waals surface area contributed by atoms with Gasteiger partial charge in [-0.3, -0.25) is 9.59 Å². The predicted molar refractivity (Wildman–Crippen MR) is 193 cm³/mol. The first-order valence-corrected chi connectivity index (χ1v) is 17.1. The van der Waals surface area contributed by atoms with Gasteiger partial charge in [-0.25, -0.2) is 9.67 Å². The highest BCUT2D eigenvalue weighted by Gasteiger charge is 2.43. The summed E-state index contributed by atoms with van der Waals surface area (Å²) in [5, 5.41) is 45.3. The van der Waals surface area contributed by atoms with E-state index in [1.165, 1.54) is 17.1 Å². The molecule has 0 unspecified atom stereocenters. The van der Waals surface area contributed by atoms with E-state index in [1.807, 2.05) is 36.4 Å². The number of benzene rings is 3. The van der Waals surface area contributed by atoms with Crippen molar-refractivity contribution in [3.8, 4) is 11.7 Å². The van der Waals surface area contributed by atoms with Crippen molar-refractivity contribution in [2.45, 2.75) is 56.5 Å². The Labute approximate surface area is 299 Å². The van der Waals surface area contributed by atoms with Crippen molar-refractivity contribution < 1.29 is 24.9 Å². The lowest BCUT2D eigenvalue weighted by Crippen LogP contribution is -2.42. The number of phenolic OH excluding ortho intramolecular Hbond substituents is 1. The van der Waals surface area contributed by atoms with Gasteiger partial charge < -0.3 is 35.8 Å². The van der Waals surface area contributed by atoms with E-state index >= 15 is 0 Å². The van der Waals surface area contributed by atoms with Crippen molar-refractivity contribution in [1.29, 1.82) is 0 Å². The molecule has 0 aliphatic heterocycles. The Morgan fingerprint density at radius 2 is 1.67 bits per heavy atom. The second-order valence-corrected chi connectivity index (χ2v) is 12.8. The molecular weight excluding hydrogens is 662 g/mol. The Balaban J connectivity index is 1.23. The monoisotopic (exact) mass is 701 g/mol. The number of aliphatic hydroxyl groups is 2. The molecule has 1 fully saturated rings. The molecule has 3 aromatic heterocycles. The summed E-state index contributed by atoms with van der Waals surface area (Å²) in [5.41, 5.74) is 4.01. The Bertz CT molecular complexity index is 2130. The quantitative estimate of drug-likeness (QED) is 0.110. The van der Waals surface area contributed by atoms with Gasteiger partial charge >= 0.3 is 0 Å². The second-order valence-electron chi connectivity index (χ2n) is 12.8. The van der Waals surface area contributed by atoms with E-state index in [0.29, 0.717) is 23.5 Å². The lowest BCUT2D eigenvalue weighted by atomic mass is 9.91. The third-order valence-electron chi connectivity index (χ3n) is 9.38. The minimum Gasteiger partial charge on any atom is -0.508 e. The summed E-state index contributed by atoms with van der Waals surface area (Å²) < 4.78 is 3.08. The highest BCUT2D eigenvalue weighted by Crippen LogP contribution is 2.35. The smallest absolute Gasteiger partial charge is 0.254 e. The number of carbonyl (C=O) groups is 2. The molecule has 0 saturated heterocycles. The number of phenols is 1. The zero-order valence-electron chi connectivity index (χ0n) is 28.4. The summed E-state index contributed by atoms with van der Waals surface area (Å²) in [5.74, 6) is 0.00867. The number of nitrogens with one attached hydrogen (secondary N) is 3. The largest absolute Gasteiger partial charge is 0.508 e. The topological polar surface area (TPSA) is 192 Å². The molecule has 6 aromatic rings. The normalized spacial score (nSPS) is 18.5. The van der Waals surface area contributed by atoms with Gasteiger partial charge in [0.2, 0.25) is 5.91 Å². The highest BCUT2D eigenvalue weighted by atomic mass is 16.3. The molecule has 52 heavy (non-hydrogen) atoms. The van der Waals surface area contributed by atoms with Crippen molar-refractivity contribution in [3.05, 3.63) is 126 Å². The number of aliphatic hydroxyl groups excluding tert-OH is 2. The zero-order chi connectivity index (χ0) is 36.2. The van der Waals surface area contributed by atoms with E-state index in [2.05, 4.69) is 50.3 Å². The summed E-state index contributed by atoms with van der Waals surface area (Å²) in [6.45, 7) is 2.37. The van der Waals surface area contributed by atoms with Crippen LogP contribution in [0.1, 0.15) is 58.8 Å². The van der Waals surface area contributed by atoms with Gasteiger partial charge in [0.25, 0.3) is 11.9 Å². The van der Waals surface area contributed by atoms with E-state index in [1.54, 1.807) is 42.1 Å². The first-order valence-electron chi connectivity index (χ1n) is 17.1. The fraction of sp³-hybridized carbons (Fsp3) is 0.263. The summed E-state index contributed by atoms with van der Waals surface area (Å²) in [7, 11) is 0. The van der Waals surface area contributed by atoms with Crippen molar-refractivity contribution >= 4 is 28.8 Å². The maximum absolute atomic E-state index is 13.1. The molecule has 2 amide bonds. The lowest BCUT2D eigenvalue weighted by molar-refractivity contribution is -0.122. The molecule has 0 spiro atoms. The van der Waals surface area contributed by atoms with Crippen LogP contribution >= 0.6 is 0 Å². The van der Waals surface area contributed by atoms with Crippen LogP contribution < -0.4 is 16.0 Å². The molecular formula is C38H39N9O5. The summed E-state index contributed by atoms with van der Waals surface area (Å²) in [4.78, 5) is 39.5. The third-order valence-corrected chi connectivity index (χ3v) is 9.38. The Morgan fingerprint density at radius 3 is 2.37 bits per heavy atom. The third kappa shape index (κ3) is 7.20. The number of imidazole rings is 1. The SMILES string of the molecule is CCC(=O)N[C@H]1C[C@@H](n2cnc3c(NCC(c4ccccc4)c4ccccc4)nc(-n4cc(C(=O)NCc5cccc(O)c5)cn4)nc32)[C@H](O)[C@@H]1O. The number of amides is 2. The molecule has 0 radical (unpaired) electrons. The maximum Gasteiger partial charge on any atom is 0.254 e. The van der Waals surface area contributed by atoms with Gasteiger partial charge in [0.05, 0.1) is 30.2 Å². The van der Waals surface area contributed by atoms with Gasteiger partial charge in [-0.2, -0.15) is 15.1 Å². The Hall–Kier alpha value is -6.12. The molecule has 14 heteroatoms. The molecule has 6 N–H and O–H groups in total. The minimum atomic E-state index is -1.21. The molecule has 7 rings (SSSR count). The number of rotatable bonds is 12. The average Bonchev–Trinajstić information content (AvgIpc) is 3.90. The van der Waals surface area contributed by atoms with Crippen LogP contribution in [0.25, 0.3) is 17.1 Å². The number of aromatic nitrogens is 6. The van der Waals surface area contributed by atoms with E-state index < -0.39 is 24.3 Å². The summed E-state index contributed by atoms with van der Waals surface area (Å²) in [6.07, 6.45) is 2.57. The van der Waals surface area contributed by atoms with E-state index in [0.717, 1.165) is 16.7 Å². The van der Waals surface area contributed by atoms with Gasteiger partial charge in [0, 0.05) is 31.6 Å². The molecule has 14 nitrogen and oxygen atoms in total. The molecule has 1 aliphatic rings. The van der Waals surface area contributed by atoms with Crippen LogP contribution in [0, 0.1) is 0 Å². The van der Waals surface area contributed by atoms with Crippen molar-refractivity contribution in [2.75, 3.05) is 11.9 Å². The molecule has 1 aliphatic carbocycles. The number of aromatic hydroxyl groups is 1. The van der Waals surface area contributed by atoms with Crippen molar-refractivity contribution in [1.82, 2.24) is 39.9 Å². The van der Waals surface area contributed by atoms with Gasteiger partial charge in [0.1, 0.15) is 18.0 Å². The lowest BCUT2D eigenvalue weighted by Gasteiger charge is -2.20. The molecule has 266 valence electrons. The average molecular weight is 702 g/mol. The number of carbonyl (C=O) groups excluding carboxylic acids is 2. The first kappa shape index (κ1) is 34.3. The number of nitrogens with zero attached hydrogens (tertiary/aromatic N) is 6. The predicted octanol–water partition coefficient (Wildman–Crippen LogP) is 3.45. The molecule has 3 heterocycles. The van der Waals surface area contributed by atoms with Gasteiger partial charge in [-0.15, -0.1) is 0 Å². The van der Waals surface area contributed by atoms with Crippen molar-refractivity contribution in [2.24, 2.45) is 0 Å². The van der Waals surface area contributed by atoms with Crippen LogP contribution in [-0.2, 0) is 11.3 Å². The summed E-state index contributed by atoms with van der Waals surface area (Å²) in [6, 6.07) is 25.6. The van der Waals surface area contributed by atoms with E-state index in [9.17, 15) is 24.9 Å². The fourth-order valence-electron chi connectivity index (χ4n) is 6.61. The van der Waals surface area contributed by atoms with Crippen LogP contribution in [0.15, 0.2) is 104 Å². The standard InChI is InChI=1S/C38H39N9O5/c1-2-31(49)43-29-17-30(34(51)33(29)50)46-22-41-32-35(39-20-28(24-11-5-3-6-12-24)25-13-7-4-8-14-25)44-38(45-36(32)46)47-21-26(19-42-47)37(52)40-18-23-10-9-15-27(48)16-23/h3-16,19,21-22,28-30,33-34,48,50-51H,2,17-18,20H2,1H3,(H,40,52)(H,43,49)(H,39,44,45)/t29-,30+,33+,34-/m0/s1. The van der Waals surface area contributed by atoms with Crippen LogP contribution in [-0.4, -0.2) is 81.2 Å². The van der Waals surface area contributed by atoms with Crippen molar-refractivity contribution in [3.63, 3.8) is 0 Å². The van der Waals surface area contributed by atoms with Gasteiger partial charge in [0.15, 0.2) is 17.0 Å². The number of hydrogen-bond donors (Lipinski definition) is 6. The highest BCUT2D eigenvalue weighted by molar-refractivity contribution is 5.93. The van der Waals surface area contributed by atoms with E-state index in [-0.39, 0.29) is 54.4 Å². The van der Waals surface area contributed by atoms with E-state index in [4.69, 9.17) is 9.97 Å². The molecule has 4 atom stereocenters. The number of hydrogen-bond acceptors (Lipinski definition) is 10. The van der Waals surface area contributed by atoms with Crippen LogP contribution in [0.5, 0.6) is 5.75 Å². The Kier molecular flexibility index (Phi) is 9.91. The molecule has 3 aromatic carbocycles. The number of fused-ring (bicyclic) bond motifs is 1. The van der Waals surface area contributed by atoms with Crippen LogP contribution in [0.4, 0.5) is 5.82 Å². The van der Waals surface area contributed by atoms with Gasteiger partial charge in [-0.1, -0.05) is 79.7 Å². The first-order chi connectivity index (χ1) is 25.3. The van der Waals surface area contributed by atoms with Crippen LogP contribution in [0.2, 0.25) is 0 Å². The summed E-state index contributed by atoms with van der Waals surface area (Å²) >= 11 is 0. The number of anilines is 1. The minimum absolute atomic E-state index is 0.0424. The zero-order valence-corrected chi connectivity index (χ0v) is 28.4. The van der Waals surface area contributed by atoms with Crippen LogP contribution in [0.3, 0.4) is 0 Å².